The molecular formula is C21H19N. The van der Waals surface area contributed by atoms with Crippen LogP contribution in [0.15, 0.2) is 60.7 Å². The summed E-state index contributed by atoms with van der Waals surface area (Å²) in [4.78, 5) is 0. The zero-order valence-corrected chi connectivity index (χ0v) is 12.9. The van der Waals surface area contributed by atoms with E-state index in [1.54, 1.807) is 0 Å². The lowest BCUT2D eigenvalue weighted by Gasteiger charge is -2.25. The van der Waals surface area contributed by atoms with Crippen molar-refractivity contribution in [2.75, 3.05) is 5.73 Å². The molecule has 0 unspecified atom stereocenters. The van der Waals surface area contributed by atoms with Gasteiger partial charge in [-0.1, -0.05) is 56.3 Å². The molecule has 0 radical (unpaired) electrons. The van der Waals surface area contributed by atoms with Crippen LogP contribution in [0.25, 0.3) is 22.4 Å². The fourth-order valence-corrected chi connectivity index (χ4v) is 3.55. The summed E-state index contributed by atoms with van der Waals surface area (Å²) in [5.41, 5.74) is 12.1. The molecule has 0 saturated carbocycles. The molecule has 0 aromatic heterocycles. The minimum Gasteiger partial charge on any atom is -0.399 e. The van der Waals surface area contributed by atoms with Crippen LogP contribution in [0.1, 0.15) is 30.5 Å². The van der Waals surface area contributed by atoms with Gasteiger partial charge in [0.1, 0.15) is 0 Å². The molecule has 2 N–H and O–H groups in total. The van der Waals surface area contributed by atoms with Crippen LogP contribution in [-0.2, 0) is 5.41 Å². The Morgan fingerprint density at radius 2 is 1.55 bits per heavy atom. The van der Waals surface area contributed by atoms with E-state index in [9.17, 15) is 0 Å². The zero-order chi connectivity index (χ0) is 15.3. The lowest BCUT2D eigenvalue weighted by Crippen LogP contribution is -2.16. The Hall–Kier alpha value is -2.54. The largest absolute Gasteiger partial charge is 0.399 e. The number of anilines is 1. The van der Waals surface area contributed by atoms with Crippen molar-refractivity contribution in [1.82, 2.24) is 0 Å². The van der Waals surface area contributed by atoms with Gasteiger partial charge in [-0.15, -0.1) is 0 Å². The van der Waals surface area contributed by atoms with Gasteiger partial charge < -0.3 is 5.73 Å². The lowest BCUT2D eigenvalue weighted by molar-refractivity contribution is 0.704. The summed E-state index contributed by atoms with van der Waals surface area (Å²) in [6.07, 6.45) is 2.33. The molecule has 1 aliphatic carbocycles. The van der Waals surface area contributed by atoms with Gasteiger partial charge in [-0.3, -0.25) is 0 Å². The van der Waals surface area contributed by atoms with Crippen LogP contribution in [0.2, 0.25) is 0 Å². The highest BCUT2D eigenvalue weighted by molar-refractivity contribution is 5.97. The van der Waals surface area contributed by atoms with E-state index in [-0.39, 0.29) is 5.41 Å². The molecule has 0 atom stereocenters. The van der Waals surface area contributed by atoms with E-state index in [1.807, 2.05) is 12.1 Å². The number of benzene rings is 3. The van der Waals surface area contributed by atoms with Gasteiger partial charge in [0.25, 0.3) is 0 Å². The number of hydrogen-bond acceptors (Lipinski definition) is 1. The molecule has 1 heteroatoms. The Bertz CT molecular complexity index is 916. The summed E-state index contributed by atoms with van der Waals surface area (Å²) >= 11 is 0. The molecule has 0 amide bonds. The van der Waals surface area contributed by atoms with Crippen LogP contribution in [0.4, 0.5) is 5.69 Å². The fraction of sp³-hybridized carbons (Fsp3) is 0.143. The molecule has 0 bridgehead atoms. The van der Waals surface area contributed by atoms with Gasteiger partial charge in [0.2, 0.25) is 0 Å². The van der Waals surface area contributed by atoms with Crippen molar-refractivity contribution >= 4 is 28.1 Å². The van der Waals surface area contributed by atoms with E-state index in [0.717, 1.165) is 5.69 Å². The summed E-state index contributed by atoms with van der Waals surface area (Å²) in [5.74, 6) is 0. The Morgan fingerprint density at radius 1 is 0.818 bits per heavy atom. The van der Waals surface area contributed by atoms with Gasteiger partial charge in [-0.2, -0.15) is 0 Å². The minimum absolute atomic E-state index is 0.0398. The molecule has 0 saturated heterocycles. The van der Waals surface area contributed by atoms with E-state index in [0.29, 0.717) is 0 Å². The zero-order valence-electron chi connectivity index (χ0n) is 12.9. The van der Waals surface area contributed by atoms with Crippen molar-refractivity contribution < 1.29 is 0 Å². The number of rotatable bonds is 1. The third-order valence-electron chi connectivity index (χ3n) is 4.78. The second-order valence-corrected chi connectivity index (χ2v) is 6.59. The Kier molecular flexibility index (Phi) is 2.67. The number of hydrogen-bond donors (Lipinski definition) is 1. The van der Waals surface area contributed by atoms with Crippen molar-refractivity contribution in [3.8, 4) is 0 Å². The number of nitrogen functional groups attached to an aromatic ring is 1. The predicted molar refractivity (Wildman–Crippen MR) is 95.7 cm³/mol. The summed E-state index contributed by atoms with van der Waals surface area (Å²) < 4.78 is 0. The Labute approximate surface area is 131 Å². The molecule has 1 nitrogen and oxygen atoms in total. The van der Waals surface area contributed by atoms with E-state index < -0.39 is 0 Å². The van der Waals surface area contributed by atoms with E-state index in [4.69, 9.17) is 5.73 Å². The molecule has 108 valence electrons. The quantitative estimate of drug-likeness (QED) is 0.607. The van der Waals surface area contributed by atoms with Crippen LogP contribution in [0, 0.1) is 0 Å². The molecule has 3 aromatic rings. The number of allylic oxidation sites excluding steroid dienone is 1. The maximum Gasteiger partial charge on any atom is 0.0320 e. The Balaban J connectivity index is 1.88. The first-order chi connectivity index (χ1) is 10.6. The molecule has 4 rings (SSSR count). The van der Waals surface area contributed by atoms with Gasteiger partial charge in [-0.05, 0) is 57.3 Å². The molecule has 0 heterocycles. The average Bonchev–Trinajstić information content (AvgIpc) is 2.79. The predicted octanol–water partition coefficient (Wildman–Crippen LogP) is 5.25. The molecule has 3 aromatic carbocycles. The number of nitrogens with two attached hydrogens (primary N) is 1. The van der Waals surface area contributed by atoms with Crippen LogP contribution in [0.3, 0.4) is 0 Å². The lowest BCUT2D eigenvalue weighted by atomic mass is 9.78. The maximum absolute atomic E-state index is 5.87. The van der Waals surface area contributed by atoms with Crippen molar-refractivity contribution in [2.24, 2.45) is 0 Å². The van der Waals surface area contributed by atoms with Crippen LogP contribution in [0.5, 0.6) is 0 Å². The summed E-state index contributed by atoms with van der Waals surface area (Å²) in [5, 5.41) is 2.43. The van der Waals surface area contributed by atoms with Crippen LogP contribution >= 0.6 is 0 Å². The van der Waals surface area contributed by atoms with Crippen LogP contribution in [-0.4, -0.2) is 0 Å². The molecule has 0 fully saturated rings. The van der Waals surface area contributed by atoms with E-state index >= 15 is 0 Å². The van der Waals surface area contributed by atoms with Gasteiger partial charge >= 0.3 is 0 Å². The molecule has 0 aliphatic heterocycles. The SMILES string of the molecule is CC1(C)C(c2ccc3cc(N)ccc3c2)=Cc2ccccc21. The monoisotopic (exact) mass is 285 g/mol. The third-order valence-corrected chi connectivity index (χ3v) is 4.78. The van der Waals surface area contributed by atoms with Gasteiger partial charge in [-0.25, -0.2) is 0 Å². The number of fused-ring (bicyclic) bond motifs is 2. The fourth-order valence-electron chi connectivity index (χ4n) is 3.55. The van der Waals surface area contributed by atoms with Crippen molar-refractivity contribution in [2.45, 2.75) is 19.3 Å². The molecule has 0 spiro atoms. The van der Waals surface area contributed by atoms with Crippen molar-refractivity contribution in [3.63, 3.8) is 0 Å². The summed E-state index contributed by atoms with van der Waals surface area (Å²) in [6, 6.07) is 21.4. The first kappa shape index (κ1) is 13.1. The van der Waals surface area contributed by atoms with Gasteiger partial charge in [0.15, 0.2) is 0 Å². The van der Waals surface area contributed by atoms with Gasteiger partial charge in [0.05, 0.1) is 0 Å². The Morgan fingerprint density at radius 3 is 2.36 bits per heavy atom. The second kappa shape index (κ2) is 4.48. The van der Waals surface area contributed by atoms with Crippen LogP contribution < -0.4 is 5.73 Å². The molecular weight excluding hydrogens is 266 g/mol. The highest BCUT2D eigenvalue weighted by Crippen LogP contribution is 2.46. The molecule has 22 heavy (non-hydrogen) atoms. The van der Waals surface area contributed by atoms with E-state index in [1.165, 1.54) is 33.0 Å². The van der Waals surface area contributed by atoms with E-state index in [2.05, 4.69) is 68.5 Å². The highest BCUT2D eigenvalue weighted by Gasteiger charge is 2.33. The second-order valence-electron chi connectivity index (χ2n) is 6.59. The standard InChI is InChI=1S/C21H19N/c1-21(2)19-6-4-3-5-16(19)13-20(21)17-8-7-15-12-18(22)10-9-14(15)11-17/h3-13H,22H2,1-2H3. The maximum atomic E-state index is 5.87. The minimum atomic E-state index is 0.0398. The first-order valence-electron chi connectivity index (χ1n) is 7.67. The first-order valence-corrected chi connectivity index (χ1v) is 7.67. The average molecular weight is 285 g/mol. The summed E-state index contributed by atoms with van der Waals surface area (Å²) in [6.45, 7) is 4.61. The smallest absolute Gasteiger partial charge is 0.0320 e. The normalized spacial score (nSPS) is 15.6. The highest BCUT2D eigenvalue weighted by atomic mass is 14.5. The van der Waals surface area contributed by atoms with Crippen molar-refractivity contribution in [3.05, 3.63) is 77.4 Å². The third kappa shape index (κ3) is 1.86. The topological polar surface area (TPSA) is 26.0 Å². The summed E-state index contributed by atoms with van der Waals surface area (Å²) in [7, 11) is 0. The van der Waals surface area contributed by atoms with Crippen molar-refractivity contribution in [1.29, 1.82) is 0 Å². The van der Waals surface area contributed by atoms with Gasteiger partial charge in [0, 0.05) is 11.1 Å². The molecule has 1 aliphatic rings.